The number of hydrogen-bond acceptors (Lipinski definition) is 5. The molecule has 3 aromatic carbocycles. The van der Waals surface area contributed by atoms with E-state index in [1.54, 1.807) is 20.4 Å². The molecule has 0 bridgehead atoms. The molecule has 0 saturated heterocycles. The molecule has 5 aromatic rings. The zero-order valence-corrected chi connectivity index (χ0v) is 20.8. The molecule has 5 rings (SSSR count). The minimum atomic E-state index is -0.254. The second-order valence-electron chi connectivity index (χ2n) is 8.42. The number of anilines is 1. The molecule has 37 heavy (non-hydrogen) atoms. The number of para-hydroxylation sites is 1. The zero-order chi connectivity index (χ0) is 25.8. The number of ether oxygens (including phenoxy) is 2. The molecule has 2 aromatic heterocycles. The highest BCUT2D eigenvalue weighted by Gasteiger charge is 2.16. The Kier molecular flexibility index (Phi) is 6.68. The second-order valence-corrected chi connectivity index (χ2v) is 8.42. The van der Waals surface area contributed by atoms with Gasteiger partial charge in [-0.2, -0.15) is 5.10 Å². The Hall–Kier alpha value is -4.91. The molecule has 7 heteroatoms. The van der Waals surface area contributed by atoms with Gasteiger partial charge in [0.15, 0.2) is 17.1 Å². The Morgan fingerprint density at radius 1 is 0.892 bits per heavy atom. The summed E-state index contributed by atoms with van der Waals surface area (Å²) in [4.78, 5) is 18.2. The summed E-state index contributed by atoms with van der Waals surface area (Å²) in [7, 11) is 3.17. The average Bonchev–Trinajstić information content (AvgIpc) is 3.28. The van der Waals surface area contributed by atoms with Crippen molar-refractivity contribution in [3.05, 3.63) is 108 Å². The standard InChI is InChI=1S/C30H26N4O3/c1-20-25-18-23(19-31-29(25)34(33-20)24-12-8-5-9-13-24)32-30(35)26(22-10-6-4-7-11-22)16-21-14-15-27(36-2)28(17-21)37-3/h4-19H,1-3H3,(H,32,35)/b26-16+. The van der Waals surface area contributed by atoms with Crippen LogP contribution in [0.25, 0.3) is 28.4 Å². The first-order valence-electron chi connectivity index (χ1n) is 11.8. The first-order chi connectivity index (χ1) is 18.1. The Labute approximate surface area is 215 Å². The Bertz CT molecular complexity index is 1590. The number of nitrogens with zero attached hydrogens (tertiary/aromatic N) is 3. The van der Waals surface area contributed by atoms with Gasteiger partial charge in [-0.05, 0) is 54.5 Å². The minimum absolute atomic E-state index is 0.254. The van der Waals surface area contributed by atoms with Crippen LogP contribution in [0.1, 0.15) is 16.8 Å². The zero-order valence-electron chi connectivity index (χ0n) is 20.8. The van der Waals surface area contributed by atoms with Crippen molar-refractivity contribution in [2.75, 3.05) is 19.5 Å². The summed E-state index contributed by atoms with van der Waals surface area (Å²) >= 11 is 0. The highest BCUT2D eigenvalue weighted by molar-refractivity contribution is 6.29. The summed E-state index contributed by atoms with van der Waals surface area (Å²) in [6.45, 7) is 1.93. The summed E-state index contributed by atoms with van der Waals surface area (Å²) in [5.74, 6) is 0.955. The van der Waals surface area contributed by atoms with E-state index in [0.29, 0.717) is 22.8 Å². The fourth-order valence-corrected chi connectivity index (χ4v) is 4.17. The molecule has 0 aliphatic heterocycles. The second kappa shape index (κ2) is 10.4. The van der Waals surface area contributed by atoms with Gasteiger partial charge in [0.05, 0.1) is 37.5 Å². The molecule has 1 N–H and O–H groups in total. The summed E-state index contributed by atoms with van der Waals surface area (Å²) in [6.07, 6.45) is 3.48. The third-order valence-corrected chi connectivity index (χ3v) is 6.01. The molecule has 2 heterocycles. The van der Waals surface area contributed by atoms with Gasteiger partial charge < -0.3 is 14.8 Å². The van der Waals surface area contributed by atoms with Crippen LogP contribution in [0.3, 0.4) is 0 Å². The van der Waals surface area contributed by atoms with Gasteiger partial charge >= 0.3 is 0 Å². The Morgan fingerprint density at radius 3 is 2.30 bits per heavy atom. The highest BCUT2D eigenvalue weighted by atomic mass is 16.5. The molecule has 7 nitrogen and oxygen atoms in total. The average molecular weight is 491 g/mol. The molecule has 184 valence electrons. The monoisotopic (exact) mass is 490 g/mol. The van der Waals surface area contributed by atoms with E-state index in [2.05, 4.69) is 15.4 Å². The maximum atomic E-state index is 13.6. The lowest BCUT2D eigenvalue weighted by Gasteiger charge is -2.12. The molecule has 0 unspecified atom stereocenters. The molecule has 0 radical (unpaired) electrons. The van der Waals surface area contributed by atoms with Gasteiger partial charge in [-0.25, -0.2) is 9.67 Å². The van der Waals surface area contributed by atoms with Crippen LogP contribution >= 0.6 is 0 Å². The van der Waals surface area contributed by atoms with Crippen molar-refractivity contribution < 1.29 is 14.3 Å². The van der Waals surface area contributed by atoms with Crippen LogP contribution in [0, 0.1) is 6.92 Å². The summed E-state index contributed by atoms with van der Waals surface area (Å²) in [5.41, 5.74) is 5.16. The lowest BCUT2D eigenvalue weighted by Crippen LogP contribution is -2.14. The first kappa shape index (κ1) is 23.8. The molecule has 0 spiro atoms. The number of amides is 1. The van der Waals surface area contributed by atoms with Gasteiger partial charge in [0.2, 0.25) is 0 Å². The van der Waals surface area contributed by atoms with E-state index in [1.807, 2.05) is 103 Å². The number of benzene rings is 3. The first-order valence-corrected chi connectivity index (χ1v) is 11.8. The van der Waals surface area contributed by atoms with E-state index >= 15 is 0 Å². The van der Waals surface area contributed by atoms with Crippen molar-refractivity contribution in [3.63, 3.8) is 0 Å². The van der Waals surface area contributed by atoms with Crippen molar-refractivity contribution in [1.82, 2.24) is 14.8 Å². The normalized spacial score (nSPS) is 11.4. The predicted octanol–water partition coefficient (Wildman–Crippen LogP) is 5.93. The number of carbonyl (C=O) groups is 1. The maximum absolute atomic E-state index is 13.6. The number of hydrogen-bond donors (Lipinski definition) is 1. The van der Waals surface area contributed by atoms with Crippen LogP contribution in [0.2, 0.25) is 0 Å². The van der Waals surface area contributed by atoms with E-state index in [-0.39, 0.29) is 5.91 Å². The van der Waals surface area contributed by atoms with Crippen LogP contribution in [-0.4, -0.2) is 34.9 Å². The molecule has 0 fully saturated rings. The SMILES string of the molecule is COc1ccc(/C=C(/C(=O)Nc2cnc3c(c2)c(C)nn3-c2ccccc2)c2ccccc2)cc1OC. The van der Waals surface area contributed by atoms with Crippen molar-refractivity contribution in [2.45, 2.75) is 6.92 Å². The number of aromatic nitrogens is 3. The number of aryl methyl sites for hydroxylation is 1. The number of rotatable bonds is 7. The van der Waals surface area contributed by atoms with Crippen LogP contribution in [0.15, 0.2) is 91.1 Å². The third kappa shape index (κ3) is 4.92. The smallest absolute Gasteiger partial charge is 0.256 e. The van der Waals surface area contributed by atoms with E-state index in [1.165, 1.54) is 0 Å². The lowest BCUT2D eigenvalue weighted by molar-refractivity contribution is -0.111. The van der Waals surface area contributed by atoms with Gasteiger partial charge in [-0.1, -0.05) is 54.6 Å². The van der Waals surface area contributed by atoms with Crippen LogP contribution < -0.4 is 14.8 Å². The number of fused-ring (bicyclic) bond motifs is 1. The number of methoxy groups -OCH3 is 2. The molecule has 0 saturated carbocycles. The van der Waals surface area contributed by atoms with Gasteiger partial charge in [-0.15, -0.1) is 0 Å². The topological polar surface area (TPSA) is 78.3 Å². The molecular weight excluding hydrogens is 464 g/mol. The van der Waals surface area contributed by atoms with E-state index in [0.717, 1.165) is 33.5 Å². The highest BCUT2D eigenvalue weighted by Crippen LogP contribution is 2.30. The number of carbonyl (C=O) groups excluding carboxylic acids is 1. The predicted molar refractivity (Wildman–Crippen MR) is 146 cm³/mol. The fraction of sp³-hybridized carbons (Fsp3) is 0.100. The molecular formula is C30H26N4O3. The van der Waals surface area contributed by atoms with E-state index < -0.39 is 0 Å². The van der Waals surface area contributed by atoms with Crippen molar-refractivity contribution in [1.29, 1.82) is 0 Å². The Morgan fingerprint density at radius 2 is 1.59 bits per heavy atom. The number of pyridine rings is 1. The van der Waals surface area contributed by atoms with Gasteiger partial charge in [0, 0.05) is 11.0 Å². The lowest BCUT2D eigenvalue weighted by atomic mass is 10.0. The van der Waals surface area contributed by atoms with Crippen molar-refractivity contribution in [3.8, 4) is 17.2 Å². The van der Waals surface area contributed by atoms with Gasteiger partial charge in [0.1, 0.15) is 0 Å². The van der Waals surface area contributed by atoms with Crippen molar-refractivity contribution in [2.24, 2.45) is 0 Å². The quantitative estimate of drug-likeness (QED) is 0.226. The number of nitrogens with one attached hydrogen (secondary N) is 1. The summed E-state index contributed by atoms with van der Waals surface area (Å²) in [5, 5.41) is 8.54. The molecule has 0 aliphatic rings. The molecule has 0 atom stereocenters. The van der Waals surface area contributed by atoms with Gasteiger partial charge in [-0.3, -0.25) is 4.79 Å². The fourth-order valence-electron chi connectivity index (χ4n) is 4.17. The van der Waals surface area contributed by atoms with Crippen molar-refractivity contribution >= 4 is 34.3 Å². The summed E-state index contributed by atoms with van der Waals surface area (Å²) < 4.78 is 12.6. The van der Waals surface area contributed by atoms with Crippen LogP contribution in [0.4, 0.5) is 5.69 Å². The van der Waals surface area contributed by atoms with E-state index in [9.17, 15) is 4.79 Å². The Balaban J connectivity index is 1.50. The van der Waals surface area contributed by atoms with Crippen LogP contribution in [0.5, 0.6) is 11.5 Å². The molecule has 0 aliphatic carbocycles. The maximum Gasteiger partial charge on any atom is 0.256 e. The van der Waals surface area contributed by atoms with E-state index in [4.69, 9.17) is 9.47 Å². The minimum Gasteiger partial charge on any atom is -0.493 e. The third-order valence-electron chi connectivity index (χ3n) is 6.01. The molecule has 1 amide bonds. The largest absolute Gasteiger partial charge is 0.493 e. The van der Waals surface area contributed by atoms with Gasteiger partial charge in [0.25, 0.3) is 5.91 Å². The van der Waals surface area contributed by atoms with Crippen LogP contribution in [-0.2, 0) is 4.79 Å². The summed E-state index contributed by atoms with van der Waals surface area (Å²) in [6, 6.07) is 26.8.